The molecule has 3 nitrogen and oxygen atoms in total. The third-order valence-corrected chi connectivity index (χ3v) is 7.30. The van der Waals surface area contributed by atoms with Crippen molar-refractivity contribution in [2.45, 2.75) is 12.8 Å². The number of thiophene rings is 1. The molecule has 2 aromatic heterocycles. The van der Waals surface area contributed by atoms with Gasteiger partial charge in [0.1, 0.15) is 0 Å². The number of aromatic nitrogens is 3. The fourth-order valence-electron chi connectivity index (χ4n) is 4.09. The summed E-state index contributed by atoms with van der Waals surface area (Å²) < 4.78 is 3.55. The molecule has 0 N–H and O–H groups in total. The highest BCUT2D eigenvalue weighted by Crippen LogP contribution is 2.39. The second kappa shape index (κ2) is 8.08. The lowest BCUT2D eigenvalue weighted by Crippen LogP contribution is -2.03. The first-order chi connectivity index (χ1) is 15.8. The Morgan fingerprint density at radius 1 is 0.719 bits per heavy atom. The normalized spacial score (nSPS) is 13.6. The maximum atomic E-state index is 4.96. The first-order valence-electron chi connectivity index (χ1n) is 10.6. The molecule has 3 aromatic carbocycles. The number of benzene rings is 3. The fourth-order valence-corrected chi connectivity index (χ4v) is 5.49. The smallest absolute Gasteiger partial charge is 0.164 e. The molecule has 32 heavy (non-hydrogen) atoms. The van der Waals surface area contributed by atoms with Gasteiger partial charge in [-0.15, -0.1) is 11.3 Å². The molecule has 0 saturated heterocycles. The minimum Gasteiger partial charge on any atom is -0.208 e. The highest BCUT2D eigenvalue weighted by molar-refractivity contribution is 9.10. The molecule has 1 aliphatic carbocycles. The molecule has 6 rings (SSSR count). The number of halogens is 1. The van der Waals surface area contributed by atoms with Crippen molar-refractivity contribution in [1.29, 1.82) is 0 Å². The summed E-state index contributed by atoms with van der Waals surface area (Å²) in [5.74, 6) is 2.12. The third kappa shape index (κ3) is 3.48. The summed E-state index contributed by atoms with van der Waals surface area (Å²) in [5.41, 5.74) is 3.07. The molecule has 5 aromatic rings. The van der Waals surface area contributed by atoms with Gasteiger partial charge in [-0.3, -0.25) is 0 Å². The maximum absolute atomic E-state index is 4.96. The SMILES string of the molecule is Brc1ccc(-c2nc(C3=CCCC=C3)nc(-c3cccc4sc5ccccc5c34)n2)cc1. The van der Waals surface area contributed by atoms with Gasteiger partial charge in [-0.1, -0.05) is 76.6 Å². The summed E-state index contributed by atoms with van der Waals surface area (Å²) in [5, 5.41) is 2.45. The Balaban J connectivity index is 1.62. The van der Waals surface area contributed by atoms with E-state index < -0.39 is 0 Å². The largest absolute Gasteiger partial charge is 0.208 e. The zero-order valence-corrected chi connectivity index (χ0v) is 19.5. The number of hydrogen-bond acceptors (Lipinski definition) is 4. The number of allylic oxidation sites excluding steroid dienone is 4. The molecule has 0 amide bonds. The van der Waals surface area contributed by atoms with Gasteiger partial charge in [0.15, 0.2) is 17.5 Å². The average Bonchev–Trinajstić information content (AvgIpc) is 3.24. The van der Waals surface area contributed by atoms with Crippen LogP contribution < -0.4 is 0 Å². The standard InChI is InChI=1S/C27H18BrN3S/c28-19-15-13-18(14-16-19)26-29-25(17-7-2-1-3-8-17)30-27(31-26)21-10-6-12-23-24(21)20-9-4-5-11-22(20)32-23/h2,4-16H,1,3H2. The van der Waals surface area contributed by atoms with Crippen LogP contribution in [0.5, 0.6) is 0 Å². The highest BCUT2D eigenvalue weighted by atomic mass is 79.9. The van der Waals surface area contributed by atoms with E-state index in [1.54, 1.807) is 11.3 Å². The van der Waals surface area contributed by atoms with E-state index in [1.807, 2.05) is 24.3 Å². The van der Waals surface area contributed by atoms with Gasteiger partial charge in [0, 0.05) is 41.3 Å². The lowest BCUT2D eigenvalue weighted by Gasteiger charge is -2.11. The molecule has 2 heterocycles. The van der Waals surface area contributed by atoms with Gasteiger partial charge >= 0.3 is 0 Å². The number of nitrogens with zero attached hydrogens (tertiary/aromatic N) is 3. The minimum atomic E-state index is 0.689. The monoisotopic (exact) mass is 495 g/mol. The molecule has 0 atom stereocenters. The first kappa shape index (κ1) is 19.5. The lowest BCUT2D eigenvalue weighted by atomic mass is 10.0. The van der Waals surface area contributed by atoms with Crippen molar-refractivity contribution in [3.05, 3.63) is 95.3 Å². The average molecular weight is 496 g/mol. The molecule has 5 heteroatoms. The summed E-state index contributed by atoms with van der Waals surface area (Å²) in [6, 6.07) is 23.0. The van der Waals surface area contributed by atoms with Gasteiger partial charge in [-0.2, -0.15) is 0 Å². The first-order valence-corrected chi connectivity index (χ1v) is 12.2. The van der Waals surface area contributed by atoms with Crippen LogP contribution in [0.1, 0.15) is 18.7 Å². The molecule has 0 spiro atoms. The molecule has 0 aliphatic heterocycles. The molecule has 0 fully saturated rings. The number of hydrogen-bond donors (Lipinski definition) is 0. The highest BCUT2D eigenvalue weighted by Gasteiger charge is 2.17. The second-order valence-corrected chi connectivity index (χ2v) is 9.73. The van der Waals surface area contributed by atoms with E-state index in [0.29, 0.717) is 11.6 Å². The van der Waals surface area contributed by atoms with E-state index in [-0.39, 0.29) is 0 Å². The van der Waals surface area contributed by atoms with Gasteiger partial charge in [-0.25, -0.2) is 15.0 Å². The number of rotatable bonds is 3. The van der Waals surface area contributed by atoms with E-state index in [2.05, 4.69) is 76.6 Å². The summed E-state index contributed by atoms with van der Waals surface area (Å²) in [7, 11) is 0. The van der Waals surface area contributed by atoms with E-state index in [4.69, 9.17) is 15.0 Å². The van der Waals surface area contributed by atoms with Crippen molar-refractivity contribution in [2.75, 3.05) is 0 Å². The second-order valence-electron chi connectivity index (χ2n) is 7.73. The van der Waals surface area contributed by atoms with Gasteiger partial charge in [0.05, 0.1) is 0 Å². The Labute approximate surface area is 198 Å². The Kier molecular flexibility index (Phi) is 4.93. The van der Waals surface area contributed by atoms with Crippen molar-refractivity contribution in [3.8, 4) is 22.8 Å². The van der Waals surface area contributed by atoms with E-state index >= 15 is 0 Å². The summed E-state index contributed by atoms with van der Waals surface area (Å²) in [4.78, 5) is 14.8. The quantitative estimate of drug-likeness (QED) is 0.254. The van der Waals surface area contributed by atoms with Crippen LogP contribution in [-0.4, -0.2) is 15.0 Å². The summed E-state index contributed by atoms with van der Waals surface area (Å²) in [6.07, 6.45) is 8.58. The molecule has 0 radical (unpaired) electrons. The van der Waals surface area contributed by atoms with Crippen molar-refractivity contribution in [2.24, 2.45) is 0 Å². The van der Waals surface area contributed by atoms with E-state index in [0.717, 1.165) is 39.8 Å². The summed E-state index contributed by atoms with van der Waals surface area (Å²) in [6.45, 7) is 0. The van der Waals surface area contributed by atoms with Gasteiger partial charge in [0.25, 0.3) is 0 Å². The van der Waals surface area contributed by atoms with Crippen LogP contribution in [0, 0.1) is 0 Å². The van der Waals surface area contributed by atoms with Crippen LogP contribution in [0.4, 0.5) is 0 Å². The predicted molar refractivity (Wildman–Crippen MR) is 138 cm³/mol. The molecule has 0 unspecified atom stereocenters. The van der Waals surface area contributed by atoms with Crippen LogP contribution >= 0.6 is 27.3 Å². The number of fused-ring (bicyclic) bond motifs is 3. The Morgan fingerprint density at radius 2 is 1.50 bits per heavy atom. The van der Waals surface area contributed by atoms with Crippen LogP contribution in [0.2, 0.25) is 0 Å². The fraction of sp³-hybridized carbons (Fsp3) is 0.0741. The van der Waals surface area contributed by atoms with Crippen LogP contribution in [-0.2, 0) is 0 Å². The zero-order chi connectivity index (χ0) is 21.5. The van der Waals surface area contributed by atoms with Crippen molar-refractivity contribution in [3.63, 3.8) is 0 Å². The van der Waals surface area contributed by atoms with E-state index in [9.17, 15) is 0 Å². The zero-order valence-electron chi connectivity index (χ0n) is 17.1. The minimum absolute atomic E-state index is 0.689. The summed E-state index contributed by atoms with van der Waals surface area (Å²) >= 11 is 5.33. The lowest BCUT2D eigenvalue weighted by molar-refractivity contribution is 1.01. The maximum Gasteiger partial charge on any atom is 0.164 e. The molecule has 0 saturated carbocycles. The molecule has 0 bridgehead atoms. The van der Waals surface area contributed by atoms with Crippen molar-refractivity contribution >= 4 is 53.0 Å². The molecule has 1 aliphatic rings. The predicted octanol–water partition coefficient (Wildman–Crippen LogP) is 8.07. The Hall–Kier alpha value is -3.15. The molecular formula is C27H18BrN3S. The topological polar surface area (TPSA) is 38.7 Å². The Bertz CT molecular complexity index is 1530. The van der Waals surface area contributed by atoms with Gasteiger partial charge < -0.3 is 0 Å². The van der Waals surface area contributed by atoms with Gasteiger partial charge in [0.2, 0.25) is 0 Å². The third-order valence-electron chi connectivity index (χ3n) is 5.63. The van der Waals surface area contributed by atoms with Gasteiger partial charge in [-0.05, 0) is 37.1 Å². The Morgan fingerprint density at radius 3 is 2.34 bits per heavy atom. The van der Waals surface area contributed by atoms with Crippen molar-refractivity contribution in [1.82, 2.24) is 15.0 Å². The van der Waals surface area contributed by atoms with Crippen molar-refractivity contribution < 1.29 is 0 Å². The molecule has 154 valence electrons. The molecular weight excluding hydrogens is 478 g/mol. The van der Waals surface area contributed by atoms with Crippen LogP contribution in [0.3, 0.4) is 0 Å². The van der Waals surface area contributed by atoms with Crippen LogP contribution in [0.15, 0.2) is 89.4 Å². The van der Waals surface area contributed by atoms with Crippen LogP contribution in [0.25, 0.3) is 48.5 Å². The van der Waals surface area contributed by atoms with E-state index in [1.165, 1.54) is 20.2 Å².